The molecule has 5 nitrogen and oxygen atoms in total. The third-order valence-corrected chi connectivity index (χ3v) is 9.21. The standard InChI is InChI=1S/C25H28ClN3O2S2/c1-15-6-5-7-16(2)28(15)21(30)14-32-25-27-23-22(19-8-3-4-9-20(19)33-23)24(31)29(25)18-12-10-17(26)11-13-18/h10-13,15-16H,3-9,14H2,1-2H3/t15-,16-/m1/s1. The summed E-state index contributed by atoms with van der Waals surface area (Å²) in [5, 5.41) is 1.93. The third kappa shape index (κ3) is 4.35. The summed E-state index contributed by atoms with van der Waals surface area (Å²) < 4.78 is 1.67. The third-order valence-electron chi connectivity index (χ3n) is 6.85. The van der Waals surface area contributed by atoms with E-state index in [1.807, 2.05) is 17.0 Å². The van der Waals surface area contributed by atoms with Crippen LogP contribution in [0.2, 0.25) is 5.02 Å². The summed E-state index contributed by atoms with van der Waals surface area (Å²) >= 11 is 9.11. The van der Waals surface area contributed by atoms with Crippen LogP contribution in [0.3, 0.4) is 0 Å². The number of piperidine rings is 1. The molecule has 5 rings (SSSR count). The van der Waals surface area contributed by atoms with E-state index < -0.39 is 0 Å². The van der Waals surface area contributed by atoms with E-state index in [0.717, 1.165) is 60.8 Å². The van der Waals surface area contributed by atoms with Gasteiger partial charge in [-0.05, 0) is 88.6 Å². The highest BCUT2D eigenvalue weighted by atomic mass is 35.5. The maximum absolute atomic E-state index is 13.8. The van der Waals surface area contributed by atoms with E-state index in [1.54, 1.807) is 28.0 Å². The van der Waals surface area contributed by atoms with Crippen molar-refractivity contribution in [1.82, 2.24) is 14.5 Å². The van der Waals surface area contributed by atoms with E-state index in [9.17, 15) is 9.59 Å². The lowest BCUT2D eigenvalue weighted by Gasteiger charge is -2.39. The Morgan fingerprint density at radius 1 is 1.12 bits per heavy atom. The Morgan fingerprint density at radius 2 is 1.82 bits per heavy atom. The summed E-state index contributed by atoms with van der Waals surface area (Å²) in [7, 11) is 0. The summed E-state index contributed by atoms with van der Waals surface area (Å²) in [6.07, 6.45) is 7.47. The number of fused-ring (bicyclic) bond motifs is 3. The molecule has 1 aliphatic carbocycles. The molecule has 0 saturated carbocycles. The molecule has 1 aromatic carbocycles. The normalized spacial score (nSPS) is 20.8. The van der Waals surface area contributed by atoms with Gasteiger partial charge in [-0.1, -0.05) is 23.4 Å². The predicted octanol–water partition coefficient (Wildman–Crippen LogP) is 5.86. The molecular formula is C25H28ClN3O2S2. The van der Waals surface area contributed by atoms with Gasteiger partial charge in [0.25, 0.3) is 5.56 Å². The van der Waals surface area contributed by atoms with Gasteiger partial charge in [0, 0.05) is 22.0 Å². The van der Waals surface area contributed by atoms with Gasteiger partial charge in [-0.15, -0.1) is 11.3 Å². The van der Waals surface area contributed by atoms with Crippen LogP contribution < -0.4 is 5.56 Å². The van der Waals surface area contributed by atoms with E-state index in [1.165, 1.54) is 22.2 Å². The van der Waals surface area contributed by atoms with Crippen molar-refractivity contribution in [1.29, 1.82) is 0 Å². The average molecular weight is 502 g/mol. The van der Waals surface area contributed by atoms with Crippen LogP contribution in [0.5, 0.6) is 0 Å². The van der Waals surface area contributed by atoms with Crippen LogP contribution in [0.15, 0.2) is 34.2 Å². The molecule has 0 bridgehead atoms. The number of nitrogens with zero attached hydrogens (tertiary/aromatic N) is 3. The number of rotatable bonds is 4. The number of thiophene rings is 1. The summed E-state index contributed by atoms with van der Waals surface area (Å²) in [5.74, 6) is 0.382. The molecule has 174 valence electrons. The van der Waals surface area contributed by atoms with E-state index in [2.05, 4.69) is 13.8 Å². The number of aryl methyl sites for hydroxylation is 2. The van der Waals surface area contributed by atoms with Crippen molar-refractivity contribution in [3.8, 4) is 5.69 Å². The molecule has 2 aromatic heterocycles. The highest BCUT2D eigenvalue weighted by molar-refractivity contribution is 7.99. The number of halogens is 1. The summed E-state index contributed by atoms with van der Waals surface area (Å²) in [4.78, 5) is 36.0. The number of amides is 1. The minimum Gasteiger partial charge on any atom is -0.337 e. The van der Waals surface area contributed by atoms with Crippen molar-refractivity contribution in [2.75, 3.05) is 5.75 Å². The lowest BCUT2D eigenvalue weighted by molar-refractivity contribution is -0.134. The van der Waals surface area contributed by atoms with Crippen LogP contribution in [-0.2, 0) is 17.6 Å². The molecule has 33 heavy (non-hydrogen) atoms. The Hall–Kier alpha value is -1.83. The highest BCUT2D eigenvalue weighted by Crippen LogP contribution is 2.35. The second kappa shape index (κ2) is 9.43. The largest absolute Gasteiger partial charge is 0.337 e. The number of carbonyl (C=O) groups excluding carboxylic acids is 1. The molecule has 2 aliphatic rings. The quantitative estimate of drug-likeness (QED) is 0.332. The molecule has 0 radical (unpaired) electrons. The van der Waals surface area contributed by atoms with Gasteiger partial charge in [-0.2, -0.15) is 0 Å². The van der Waals surface area contributed by atoms with Crippen LogP contribution in [0.1, 0.15) is 56.4 Å². The second-order valence-electron chi connectivity index (χ2n) is 9.12. The first kappa shape index (κ1) is 22.9. The van der Waals surface area contributed by atoms with Crippen molar-refractivity contribution in [2.45, 2.75) is 76.0 Å². The first-order valence-corrected chi connectivity index (χ1v) is 13.9. The van der Waals surface area contributed by atoms with Gasteiger partial charge in [0.1, 0.15) is 4.83 Å². The van der Waals surface area contributed by atoms with Crippen LogP contribution >= 0.6 is 34.7 Å². The Morgan fingerprint density at radius 3 is 2.55 bits per heavy atom. The summed E-state index contributed by atoms with van der Waals surface area (Å²) in [6.45, 7) is 4.25. The van der Waals surface area contributed by atoms with Gasteiger partial charge in [-0.3, -0.25) is 14.2 Å². The van der Waals surface area contributed by atoms with Crippen molar-refractivity contribution in [3.63, 3.8) is 0 Å². The minimum absolute atomic E-state index is 0.0450. The van der Waals surface area contributed by atoms with Crippen LogP contribution in [0.4, 0.5) is 0 Å². The maximum Gasteiger partial charge on any atom is 0.267 e. The Labute approximate surface area is 207 Å². The van der Waals surface area contributed by atoms with Gasteiger partial charge in [0.15, 0.2) is 5.16 Å². The Balaban J connectivity index is 1.55. The lowest BCUT2D eigenvalue weighted by atomic mass is 9.97. The van der Waals surface area contributed by atoms with E-state index >= 15 is 0 Å². The highest BCUT2D eigenvalue weighted by Gasteiger charge is 2.29. The number of hydrogen-bond acceptors (Lipinski definition) is 5. The minimum atomic E-state index is -0.0450. The predicted molar refractivity (Wildman–Crippen MR) is 137 cm³/mol. The van der Waals surface area contributed by atoms with Gasteiger partial charge in [0.2, 0.25) is 5.91 Å². The first-order valence-electron chi connectivity index (χ1n) is 11.7. The number of aromatic nitrogens is 2. The average Bonchev–Trinajstić information content (AvgIpc) is 3.17. The topological polar surface area (TPSA) is 55.2 Å². The number of benzene rings is 1. The Kier molecular flexibility index (Phi) is 6.56. The number of likely N-dealkylation sites (tertiary alicyclic amines) is 1. The van der Waals surface area contributed by atoms with Crippen LogP contribution in [0, 0.1) is 0 Å². The molecule has 1 saturated heterocycles. The SMILES string of the molecule is C[C@@H]1CCC[C@@H](C)N1C(=O)CSc1nc2sc3c(c2c(=O)n1-c1ccc(Cl)cc1)CCCC3. The second-order valence-corrected chi connectivity index (χ2v) is 11.6. The molecule has 0 unspecified atom stereocenters. The fourth-order valence-electron chi connectivity index (χ4n) is 5.21. The fourth-order valence-corrected chi connectivity index (χ4v) is 7.53. The van der Waals surface area contributed by atoms with Crippen molar-refractivity contribution < 1.29 is 4.79 Å². The molecule has 3 heterocycles. The number of carbonyl (C=O) groups is 1. The summed E-state index contributed by atoms with van der Waals surface area (Å²) in [5.41, 5.74) is 1.85. The molecule has 1 aliphatic heterocycles. The van der Waals surface area contributed by atoms with Crippen molar-refractivity contribution in [2.24, 2.45) is 0 Å². The zero-order valence-electron chi connectivity index (χ0n) is 19.0. The zero-order valence-corrected chi connectivity index (χ0v) is 21.4. The molecule has 3 aromatic rings. The van der Waals surface area contributed by atoms with Crippen molar-refractivity contribution >= 4 is 50.8 Å². The van der Waals surface area contributed by atoms with E-state index in [0.29, 0.717) is 10.2 Å². The van der Waals surface area contributed by atoms with E-state index in [4.69, 9.17) is 16.6 Å². The molecule has 0 spiro atoms. The Bertz CT molecular complexity index is 1240. The number of thioether (sulfide) groups is 1. The van der Waals surface area contributed by atoms with Gasteiger partial charge >= 0.3 is 0 Å². The monoisotopic (exact) mass is 501 g/mol. The number of hydrogen-bond donors (Lipinski definition) is 0. The smallest absolute Gasteiger partial charge is 0.267 e. The molecule has 2 atom stereocenters. The van der Waals surface area contributed by atoms with E-state index in [-0.39, 0.29) is 29.3 Å². The fraction of sp³-hybridized carbons (Fsp3) is 0.480. The van der Waals surface area contributed by atoms with Crippen LogP contribution in [0.25, 0.3) is 15.9 Å². The first-order chi connectivity index (χ1) is 15.9. The molecular weight excluding hydrogens is 474 g/mol. The zero-order chi connectivity index (χ0) is 23.1. The maximum atomic E-state index is 13.8. The molecule has 0 N–H and O–H groups in total. The van der Waals surface area contributed by atoms with Crippen molar-refractivity contribution in [3.05, 3.63) is 50.1 Å². The summed E-state index contributed by atoms with van der Waals surface area (Å²) in [6, 6.07) is 7.76. The van der Waals surface area contributed by atoms with Gasteiger partial charge < -0.3 is 4.90 Å². The van der Waals surface area contributed by atoms with Crippen LogP contribution in [-0.4, -0.2) is 38.2 Å². The molecule has 1 fully saturated rings. The lowest BCUT2D eigenvalue weighted by Crippen LogP contribution is -2.48. The van der Waals surface area contributed by atoms with Gasteiger partial charge in [-0.25, -0.2) is 4.98 Å². The molecule has 1 amide bonds. The molecule has 8 heteroatoms. The van der Waals surface area contributed by atoms with Gasteiger partial charge in [0.05, 0.1) is 16.8 Å².